The molecule has 0 spiro atoms. The first kappa shape index (κ1) is 28.2. The summed E-state index contributed by atoms with van der Waals surface area (Å²) in [5, 5.41) is 9.69. The number of aliphatic hydroxyl groups is 1. The number of fused-ring (bicyclic) bond motifs is 1. The van der Waals surface area contributed by atoms with Crippen molar-refractivity contribution in [1.29, 1.82) is 0 Å². The second kappa shape index (κ2) is 11.8. The summed E-state index contributed by atoms with van der Waals surface area (Å²) in [6.07, 6.45) is 7.57. The van der Waals surface area contributed by atoms with Gasteiger partial charge in [0, 0.05) is 6.54 Å². The number of halogens is 1. The second-order valence-electron chi connectivity index (χ2n) is 10.4. The van der Waals surface area contributed by atoms with Crippen molar-refractivity contribution >= 4 is 0 Å². The molecule has 1 aromatic rings. The Morgan fingerprint density at radius 1 is 1.03 bits per heavy atom. The van der Waals surface area contributed by atoms with Crippen LogP contribution in [0, 0.1) is 5.82 Å². The lowest BCUT2D eigenvalue weighted by atomic mass is 10.1. The van der Waals surface area contributed by atoms with Crippen molar-refractivity contribution in [1.82, 2.24) is 9.13 Å². The number of hydrogen-bond acceptors (Lipinski definition) is 6. The van der Waals surface area contributed by atoms with Gasteiger partial charge in [-0.3, -0.25) is 13.9 Å². The smallest absolute Gasteiger partial charge is 0.333 e. The molecular weight excluding hydrogens is 467 g/mol. The van der Waals surface area contributed by atoms with E-state index < -0.39 is 47.4 Å². The van der Waals surface area contributed by atoms with Crippen LogP contribution in [-0.4, -0.2) is 44.9 Å². The maximum Gasteiger partial charge on any atom is 0.333 e. The third kappa shape index (κ3) is 6.70. The van der Waals surface area contributed by atoms with Crippen LogP contribution in [-0.2, 0) is 20.8 Å². The molecule has 3 rings (SSSR count). The molecule has 1 aromatic heterocycles. The summed E-state index contributed by atoms with van der Waals surface area (Å²) in [6.45, 7) is 11.3. The average molecular weight is 507 g/mol. The van der Waals surface area contributed by atoms with E-state index in [9.17, 15) is 19.1 Å². The van der Waals surface area contributed by atoms with Crippen molar-refractivity contribution in [2.24, 2.45) is 0 Å². The number of aromatic nitrogens is 2. The largest absolute Gasteiger partial charge is 0.394 e. The molecule has 2 aliphatic heterocycles. The van der Waals surface area contributed by atoms with Crippen LogP contribution in [0.25, 0.3) is 0 Å². The molecule has 200 valence electrons. The zero-order valence-corrected chi connectivity index (χ0v) is 22.1. The summed E-state index contributed by atoms with van der Waals surface area (Å²) >= 11 is 0. The summed E-state index contributed by atoms with van der Waals surface area (Å²) in [4.78, 5) is 25.7. The number of ether oxygens (including phenoxy) is 3. The SMILES string of the molecule is CC(C)=CCCC(C)=CCCC(C)=CCn1c(=O)c(F)cn([C@@H]2O[C@H](CO)[C@H]3OC(C)(C)O[C@H]32)c1=O. The molecule has 0 radical (unpaired) electrons. The summed E-state index contributed by atoms with van der Waals surface area (Å²) in [5.41, 5.74) is 1.93. The van der Waals surface area contributed by atoms with Gasteiger partial charge in [0.1, 0.15) is 18.3 Å². The zero-order chi connectivity index (χ0) is 26.6. The van der Waals surface area contributed by atoms with Gasteiger partial charge in [0.2, 0.25) is 5.82 Å². The van der Waals surface area contributed by atoms with Gasteiger partial charge in [-0.05, 0) is 67.2 Å². The molecule has 0 aromatic carbocycles. The average Bonchev–Trinajstić information content (AvgIpc) is 3.28. The van der Waals surface area contributed by atoms with Crippen molar-refractivity contribution in [2.45, 2.75) is 104 Å². The highest BCUT2D eigenvalue weighted by Gasteiger charge is 2.56. The molecule has 2 fully saturated rings. The van der Waals surface area contributed by atoms with Crippen molar-refractivity contribution < 1.29 is 23.7 Å². The van der Waals surface area contributed by atoms with E-state index in [1.54, 1.807) is 19.9 Å². The molecular formula is C27H39FN2O6. The lowest BCUT2D eigenvalue weighted by molar-refractivity contribution is -0.200. The van der Waals surface area contributed by atoms with Gasteiger partial charge in [-0.1, -0.05) is 34.9 Å². The van der Waals surface area contributed by atoms with Gasteiger partial charge in [0.25, 0.3) is 5.56 Å². The predicted molar refractivity (Wildman–Crippen MR) is 135 cm³/mol. The highest BCUT2D eigenvalue weighted by atomic mass is 19.1. The highest BCUT2D eigenvalue weighted by molar-refractivity contribution is 5.06. The van der Waals surface area contributed by atoms with E-state index in [0.717, 1.165) is 46.6 Å². The first-order chi connectivity index (χ1) is 16.9. The number of aliphatic hydroxyl groups excluding tert-OH is 1. The molecule has 1 N–H and O–H groups in total. The zero-order valence-electron chi connectivity index (χ0n) is 22.1. The lowest BCUT2D eigenvalue weighted by Gasteiger charge is -2.24. The van der Waals surface area contributed by atoms with Gasteiger partial charge in [-0.15, -0.1) is 0 Å². The molecule has 9 heteroatoms. The minimum atomic E-state index is -1.07. The van der Waals surface area contributed by atoms with Crippen LogP contribution in [0.4, 0.5) is 4.39 Å². The van der Waals surface area contributed by atoms with Crippen LogP contribution in [0.5, 0.6) is 0 Å². The fourth-order valence-electron chi connectivity index (χ4n) is 4.55. The standard InChI is InChI=1S/C27H39FN2O6/c1-17(2)9-7-10-18(3)11-8-12-19(4)13-14-29-24(32)20(28)15-30(26(29)33)25-23-22(21(16-31)34-25)35-27(5,6)36-23/h9,11,13,15,21-23,25,31H,7-8,10,12,14,16H2,1-6H3/t21-,22-,23-,25-/m1/s1. The highest BCUT2D eigenvalue weighted by Crippen LogP contribution is 2.42. The van der Waals surface area contributed by atoms with E-state index in [-0.39, 0.29) is 13.2 Å². The van der Waals surface area contributed by atoms with Crippen molar-refractivity contribution in [3.8, 4) is 0 Å². The van der Waals surface area contributed by atoms with Crippen molar-refractivity contribution in [3.05, 3.63) is 67.8 Å². The molecule has 36 heavy (non-hydrogen) atoms. The molecule has 8 nitrogen and oxygen atoms in total. The molecule has 0 bridgehead atoms. The van der Waals surface area contributed by atoms with Crippen molar-refractivity contribution in [3.63, 3.8) is 0 Å². The van der Waals surface area contributed by atoms with E-state index >= 15 is 0 Å². The summed E-state index contributed by atoms with van der Waals surface area (Å²) in [7, 11) is 0. The Hall–Kier alpha value is -2.33. The number of hydrogen-bond donors (Lipinski definition) is 1. The van der Waals surface area contributed by atoms with Crippen LogP contribution in [0.2, 0.25) is 0 Å². The van der Waals surface area contributed by atoms with Crippen LogP contribution in [0.3, 0.4) is 0 Å². The third-order valence-electron chi connectivity index (χ3n) is 6.48. The van der Waals surface area contributed by atoms with Gasteiger partial charge < -0.3 is 19.3 Å². The molecule has 0 saturated carbocycles. The summed E-state index contributed by atoms with van der Waals surface area (Å²) in [5.74, 6) is -2.01. The lowest BCUT2D eigenvalue weighted by Crippen LogP contribution is -2.44. The van der Waals surface area contributed by atoms with E-state index in [2.05, 4.69) is 32.9 Å². The number of rotatable bonds is 10. The molecule has 2 aliphatic rings. The Morgan fingerprint density at radius 3 is 2.28 bits per heavy atom. The van der Waals surface area contributed by atoms with Gasteiger partial charge in [0.05, 0.1) is 12.8 Å². The minimum absolute atomic E-state index is 0.0579. The van der Waals surface area contributed by atoms with E-state index in [0.29, 0.717) is 0 Å². The van der Waals surface area contributed by atoms with Gasteiger partial charge in [0.15, 0.2) is 12.0 Å². The quantitative estimate of drug-likeness (QED) is 0.483. The Morgan fingerprint density at radius 2 is 1.64 bits per heavy atom. The summed E-state index contributed by atoms with van der Waals surface area (Å²) < 4.78 is 34.0. The summed E-state index contributed by atoms with van der Waals surface area (Å²) in [6, 6.07) is 0. The van der Waals surface area contributed by atoms with Gasteiger partial charge >= 0.3 is 5.69 Å². The fourth-order valence-corrected chi connectivity index (χ4v) is 4.55. The fraction of sp³-hybridized carbons (Fsp3) is 0.630. The molecule has 2 saturated heterocycles. The predicted octanol–water partition coefficient (Wildman–Crippen LogP) is 3.98. The maximum absolute atomic E-state index is 14.6. The molecule has 0 amide bonds. The monoisotopic (exact) mass is 506 g/mol. The third-order valence-corrected chi connectivity index (χ3v) is 6.48. The van der Waals surface area contributed by atoms with Crippen LogP contribution in [0.15, 0.2) is 50.7 Å². The van der Waals surface area contributed by atoms with Gasteiger partial charge in [-0.25, -0.2) is 4.79 Å². The van der Waals surface area contributed by atoms with E-state index in [4.69, 9.17) is 14.2 Å². The molecule has 0 aliphatic carbocycles. The van der Waals surface area contributed by atoms with Crippen LogP contribution >= 0.6 is 0 Å². The number of nitrogens with zero attached hydrogens (tertiary/aromatic N) is 2. The minimum Gasteiger partial charge on any atom is -0.394 e. The maximum atomic E-state index is 14.6. The second-order valence-corrected chi connectivity index (χ2v) is 10.4. The molecule has 3 heterocycles. The normalized spacial score (nSPS) is 25.8. The Kier molecular flexibility index (Phi) is 9.27. The Labute approximate surface area is 211 Å². The van der Waals surface area contributed by atoms with Crippen LogP contribution in [0.1, 0.15) is 73.5 Å². The number of allylic oxidation sites excluding steroid dienone is 6. The molecule has 0 unspecified atom stereocenters. The Bertz CT molecular complexity index is 1140. The first-order valence-electron chi connectivity index (χ1n) is 12.5. The van der Waals surface area contributed by atoms with Gasteiger partial charge in [-0.2, -0.15) is 4.39 Å². The Balaban J connectivity index is 1.74. The topological polar surface area (TPSA) is 91.9 Å². The van der Waals surface area contributed by atoms with Crippen molar-refractivity contribution in [2.75, 3.05) is 6.61 Å². The molecule has 4 atom stereocenters. The van der Waals surface area contributed by atoms with Crippen LogP contribution < -0.4 is 11.2 Å². The van der Waals surface area contributed by atoms with E-state index in [1.165, 1.54) is 11.1 Å². The van der Waals surface area contributed by atoms with E-state index in [1.807, 2.05) is 6.92 Å². The first-order valence-corrected chi connectivity index (χ1v) is 12.5.